The van der Waals surface area contributed by atoms with Crippen LogP contribution in [0.3, 0.4) is 0 Å². The maximum Gasteiger partial charge on any atom is 0.0512 e. The van der Waals surface area contributed by atoms with E-state index < -0.39 is 0 Å². The van der Waals surface area contributed by atoms with Gasteiger partial charge >= 0.3 is 0 Å². The molecule has 0 spiro atoms. The molecule has 0 aliphatic rings. The lowest BCUT2D eigenvalue weighted by molar-refractivity contribution is 0.208. The molecular formula is C8H18N2O. The fraction of sp³-hybridized carbons (Fsp3) is 0.875. The van der Waals surface area contributed by atoms with Crippen LogP contribution >= 0.6 is 0 Å². The molecule has 0 aliphatic heterocycles. The standard InChI is InChI=1S/C8H18N2O/c1-3-4-6-9-10-7-5-8-11-2/h7,9H,3-6,8H2,1-2H3/b10-7-. The van der Waals surface area contributed by atoms with Gasteiger partial charge in [-0.1, -0.05) is 13.3 Å². The van der Waals surface area contributed by atoms with Crippen molar-refractivity contribution in [2.75, 3.05) is 20.3 Å². The van der Waals surface area contributed by atoms with E-state index >= 15 is 0 Å². The van der Waals surface area contributed by atoms with Crippen molar-refractivity contribution in [2.24, 2.45) is 5.10 Å². The highest BCUT2D eigenvalue weighted by Crippen LogP contribution is 1.81. The fourth-order valence-corrected chi connectivity index (χ4v) is 0.620. The predicted molar refractivity (Wildman–Crippen MR) is 47.9 cm³/mol. The summed E-state index contributed by atoms with van der Waals surface area (Å²) in [5.74, 6) is 0. The van der Waals surface area contributed by atoms with Crippen molar-refractivity contribution in [1.82, 2.24) is 5.43 Å². The van der Waals surface area contributed by atoms with Crippen molar-refractivity contribution in [3.63, 3.8) is 0 Å². The lowest BCUT2D eigenvalue weighted by Crippen LogP contribution is -2.07. The first-order valence-corrected chi connectivity index (χ1v) is 4.15. The number of nitrogens with one attached hydrogen (secondary N) is 1. The van der Waals surface area contributed by atoms with Crippen molar-refractivity contribution >= 4 is 6.21 Å². The van der Waals surface area contributed by atoms with E-state index in [0.29, 0.717) is 0 Å². The molecule has 3 nitrogen and oxygen atoms in total. The second-order valence-electron chi connectivity index (χ2n) is 2.35. The van der Waals surface area contributed by atoms with Gasteiger partial charge in [0.1, 0.15) is 0 Å². The Morgan fingerprint density at radius 3 is 3.00 bits per heavy atom. The molecule has 0 atom stereocenters. The second kappa shape index (κ2) is 9.43. The van der Waals surface area contributed by atoms with E-state index in [1.54, 1.807) is 7.11 Å². The summed E-state index contributed by atoms with van der Waals surface area (Å²) in [6.45, 7) is 3.88. The van der Waals surface area contributed by atoms with Gasteiger partial charge in [0.15, 0.2) is 0 Å². The predicted octanol–water partition coefficient (Wildman–Crippen LogP) is 1.40. The summed E-state index contributed by atoms with van der Waals surface area (Å²) < 4.78 is 4.85. The Bertz CT molecular complexity index is 94.1. The normalized spacial score (nSPS) is 10.7. The fourth-order valence-electron chi connectivity index (χ4n) is 0.620. The Balaban J connectivity index is 2.91. The molecule has 11 heavy (non-hydrogen) atoms. The molecule has 0 aromatic carbocycles. The van der Waals surface area contributed by atoms with Crippen molar-refractivity contribution in [3.8, 4) is 0 Å². The molecule has 0 aromatic rings. The Hall–Kier alpha value is -0.570. The topological polar surface area (TPSA) is 33.6 Å². The maximum atomic E-state index is 4.85. The Labute approximate surface area is 68.8 Å². The van der Waals surface area contributed by atoms with Gasteiger partial charge in [0.05, 0.1) is 6.61 Å². The van der Waals surface area contributed by atoms with Crippen molar-refractivity contribution in [3.05, 3.63) is 0 Å². The summed E-state index contributed by atoms with van der Waals surface area (Å²) in [6, 6.07) is 0. The number of unbranched alkanes of at least 4 members (excludes halogenated alkanes) is 1. The third-order valence-corrected chi connectivity index (χ3v) is 1.28. The smallest absolute Gasteiger partial charge is 0.0512 e. The molecule has 0 heterocycles. The molecule has 0 radical (unpaired) electrons. The summed E-state index contributed by atoms with van der Waals surface area (Å²) in [4.78, 5) is 0. The van der Waals surface area contributed by atoms with Crippen molar-refractivity contribution in [1.29, 1.82) is 0 Å². The lowest BCUT2D eigenvalue weighted by Gasteiger charge is -1.96. The first-order valence-electron chi connectivity index (χ1n) is 4.15. The molecule has 0 fully saturated rings. The van der Waals surface area contributed by atoms with E-state index in [2.05, 4.69) is 17.5 Å². The van der Waals surface area contributed by atoms with Crippen LogP contribution in [0.2, 0.25) is 0 Å². The Morgan fingerprint density at radius 1 is 1.55 bits per heavy atom. The molecule has 0 saturated heterocycles. The van der Waals surface area contributed by atoms with E-state index in [0.717, 1.165) is 19.6 Å². The average molecular weight is 158 g/mol. The quantitative estimate of drug-likeness (QED) is 0.345. The largest absolute Gasteiger partial charge is 0.384 e. The molecule has 1 N–H and O–H groups in total. The van der Waals surface area contributed by atoms with Crippen LogP contribution in [0.25, 0.3) is 0 Å². The molecule has 0 aliphatic carbocycles. The molecule has 0 bridgehead atoms. The zero-order chi connectivity index (χ0) is 8.36. The van der Waals surface area contributed by atoms with E-state index in [4.69, 9.17) is 4.74 Å². The van der Waals surface area contributed by atoms with Gasteiger partial charge in [-0.05, 0) is 6.42 Å². The minimum atomic E-state index is 0.749. The van der Waals surface area contributed by atoms with Crippen LogP contribution in [-0.4, -0.2) is 26.5 Å². The number of hydrazone groups is 1. The lowest BCUT2D eigenvalue weighted by atomic mass is 10.3. The van der Waals surface area contributed by atoms with Gasteiger partial charge in [0.25, 0.3) is 0 Å². The van der Waals surface area contributed by atoms with Gasteiger partial charge in [-0.3, -0.25) is 0 Å². The zero-order valence-corrected chi connectivity index (χ0v) is 7.47. The second-order valence-corrected chi connectivity index (χ2v) is 2.35. The van der Waals surface area contributed by atoms with E-state index in [9.17, 15) is 0 Å². The summed E-state index contributed by atoms with van der Waals surface area (Å²) in [5.41, 5.74) is 2.96. The number of methoxy groups -OCH3 is 1. The molecule has 0 saturated carbocycles. The zero-order valence-electron chi connectivity index (χ0n) is 7.47. The van der Waals surface area contributed by atoms with Crippen LogP contribution in [0.5, 0.6) is 0 Å². The molecule has 0 amide bonds. The molecule has 0 aromatic heterocycles. The highest BCUT2D eigenvalue weighted by atomic mass is 16.5. The number of hydrogen-bond donors (Lipinski definition) is 1. The van der Waals surface area contributed by atoms with Crippen molar-refractivity contribution < 1.29 is 4.74 Å². The van der Waals surface area contributed by atoms with Crippen LogP contribution in [-0.2, 0) is 4.74 Å². The Kier molecular flexibility index (Phi) is 8.94. The van der Waals surface area contributed by atoms with Crippen LogP contribution in [0.1, 0.15) is 26.2 Å². The Morgan fingerprint density at radius 2 is 2.36 bits per heavy atom. The number of rotatable bonds is 7. The minimum absolute atomic E-state index is 0.749. The van der Waals surface area contributed by atoms with E-state index in [1.807, 2.05) is 6.21 Å². The summed E-state index contributed by atoms with van der Waals surface area (Å²) in [7, 11) is 1.69. The monoisotopic (exact) mass is 158 g/mol. The number of ether oxygens (including phenoxy) is 1. The average Bonchev–Trinajstić information content (AvgIpc) is 2.03. The maximum absolute atomic E-state index is 4.85. The number of nitrogens with zero attached hydrogens (tertiary/aromatic N) is 1. The van der Waals surface area contributed by atoms with Crippen LogP contribution in [0.15, 0.2) is 5.10 Å². The van der Waals surface area contributed by atoms with Gasteiger partial charge < -0.3 is 10.2 Å². The molecule has 0 unspecified atom stereocenters. The van der Waals surface area contributed by atoms with Crippen LogP contribution in [0.4, 0.5) is 0 Å². The summed E-state index contributed by atoms with van der Waals surface area (Å²) >= 11 is 0. The van der Waals surface area contributed by atoms with E-state index in [-0.39, 0.29) is 0 Å². The molecule has 0 rings (SSSR count). The van der Waals surface area contributed by atoms with Gasteiger partial charge in [0, 0.05) is 26.3 Å². The van der Waals surface area contributed by atoms with Gasteiger partial charge in [-0.15, -0.1) is 0 Å². The SMILES string of the molecule is CCCCN/N=C\CCOC. The third kappa shape index (κ3) is 9.43. The highest BCUT2D eigenvalue weighted by molar-refractivity contribution is 5.56. The highest BCUT2D eigenvalue weighted by Gasteiger charge is 1.79. The summed E-state index contributed by atoms with van der Waals surface area (Å²) in [6.07, 6.45) is 5.12. The molecule has 3 heteroatoms. The first-order chi connectivity index (χ1) is 5.41. The van der Waals surface area contributed by atoms with Gasteiger partial charge in [0.2, 0.25) is 0 Å². The minimum Gasteiger partial charge on any atom is -0.384 e. The van der Waals surface area contributed by atoms with Crippen LogP contribution < -0.4 is 5.43 Å². The first kappa shape index (κ1) is 10.4. The number of hydrogen-bond acceptors (Lipinski definition) is 3. The van der Waals surface area contributed by atoms with Gasteiger partial charge in [-0.25, -0.2) is 0 Å². The van der Waals surface area contributed by atoms with E-state index in [1.165, 1.54) is 12.8 Å². The third-order valence-electron chi connectivity index (χ3n) is 1.28. The summed E-state index contributed by atoms with van der Waals surface area (Å²) in [5, 5.41) is 3.99. The van der Waals surface area contributed by atoms with Crippen molar-refractivity contribution in [2.45, 2.75) is 26.2 Å². The molecule has 66 valence electrons. The van der Waals surface area contributed by atoms with Crippen LogP contribution in [0, 0.1) is 0 Å². The van der Waals surface area contributed by atoms with Gasteiger partial charge in [-0.2, -0.15) is 5.10 Å². The molecular weight excluding hydrogens is 140 g/mol.